The Morgan fingerprint density at radius 3 is 2.32 bits per heavy atom. The molecule has 2 atom stereocenters. The molecule has 0 heterocycles. The largest absolute Gasteiger partial charge is 0.508 e. The molecule has 1 aromatic carbocycles. The summed E-state index contributed by atoms with van der Waals surface area (Å²) in [6, 6.07) is 8.23. The Hall–Kier alpha value is -1.06. The van der Waals surface area contributed by atoms with E-state index in [-0.39, 0.29) is 6.04 Å². The maximum absolute atomic E-state index is 10.00. The van der Waals surface area contributed by atoms with E-state index >= 15 is 0 Å². The first-order chi connectivity index (χ1) is 8.95. The van der Waals surface area contributed by atoms with Gasteiger partial charge in [0.15, 0.2) is 0 Å². The Bertz CT molecular complexity index is 377. The second-order valence-electron chi connectivity index (χ2n) is 5.80. The van der Waals surface area contributed by atoms with Crippen LogP contribution in [0.2, 0.25) is 0 Å². The third kappa shape index (κ3) is 4.84. The summed E-state index contributed by atoms with van der Waals surface area (Å²) in [4.78, 5) is 2.20. The molecule has 3 nitrogen and oxygen atoms in total. The number of nitrogens with one attached hydrogen (secondary N) is 1. The van der Waals surface area contributed by atoms with Gasteiger partial charge < -0.3 is 15.3 Å². The van der Waals surface area contributed by atoms with E-state index in [2.05, 4.69) is 45.1 Å². The molecule has 0 fully saturated rings. The molecule has 0 aromatic heterocycles. The van der Waals surface area contributed by atoms with E-state index in [4.69, 9.17) is 0 Å². The average Bonchev–Trinajstić information content (AvgIpc) is 2.35. The fraction of sp³-hybridized carbons (Fsp3) is 0.625. The van der Waals surface area contributed by atoms with Crippen molar-refractivity contribution in [3.8, 4) is 5.75 Å². The van der Waals surface area contributed by atoms with Crippen molar-refractivity contribution in [2.45, 2.75) is 39.3 Å². The maximum Gasteiger partial charge on any atom is 0.120 e. The number of likely N-dealkylation sites (N-methyl/N-ethyl adjacent to an activating group) is 1. The quantitative estimate of drug-likeness (QED) is 0.794. The highest BCUT2D eigenvalue weighted by Crippen LogP contribution is 2.26. The minimum Gasteiger partial charge on any atom is -0.508 e. The third-order valence-corrected chi connectivity index (χ3v) is 3.50. The highest BCUT2D eigenvalue weighted by molar-refractivity contribution is 5.34. The van der Waals surface area contributed by atoms with Gasteiger partial charge in [-0.3, -0.25) is 0 Å². The van der Waals surface area contributed by atoms with Gasteiger partial charge in [-0.05, 0) is 32.5 Å². The van der Waals surface area contributed by atoms with Crippen LogP contribution in [0.1, 0.15) is 38.8 Å². The predicted octanol–water partition coefficient (Wildman–Crippen LogP) is 3.02. The number of hydrogen-bond acceptors (Lipinski definition) is 3. The van der Waals surface area contributed by atoms with E-state index in [0.29, 0.717) is 17.7 Å². The Morgan fingerprint density at radius 1 is 1.21 bits per heavy atom. The molecule has 19 heavy (non-hydrogen) atoms. The van der Waals surface area contributed by atoms with Crippen molar-refractivity contribution in [2.75, 3.05) is 20.6 Å². The van der Waals surface area contributed by atoms with E-state index < -0.39 is 0 Å². The van der Waals surface area contributed by atoms with E-state index in [1.54, 1.807) is 6.07 Å². The highest BCUT2D eigenvalue weighted by atomic mass is 16.3. The van der Waals surface area contributed by atoms with E-state index in [0.717, 1.165) is 18.5 Å². The first-order valence-electron chi connectivity index (χ1n) is 7.14. The number of para-hydroxylation sites is 1. The molecule has 3 heteroatoms. The molecule has 0 aliphatic heterocycles. The minimum atomic E-state index is 0.202. The van der Waals surface area contributed by atoms with E-state index in [1.807, 2.05) is 18.2 Å². The number of nitrogens with zero attached hydrogens (tertiary/aromatic N) is 1. The summed E-state index contributed by atoms with van der Waals surface area (Å²) in [7, 11) is 4.19. The molecule has 0 aliphatic carbocycles. The Morgan fingerprint density at radius 2 is 1.84 bits per heavy atom. The zero-order chi connectivity index (χ0) is 14.4. The van der Waals surface area contributed by atoms with Crippen LogP contribution in [-0.2, 0) is 0 Å². The molecule has 0 saturated carbocycles. The number of benzene rings is 1. The molecule has 108 valence electrons. The third-order valence-electron chi connectivity index (χ3n) is 3.50. The van der Waals surface area contributed by atoms with Gasteiger partial charge in [-0.15, -0.1) is 0 Å². The van der Waals surface area contributed by atoms with Crippen LogP contribution in [-0.4, -0.2) is 36.7 Å². The van der Waals surface area contributed by atoms with Crippen LogP contribution in [0.25, 0.3) is 0 Å². The van der Waals surface area contributed by atoms with Gasteiger partial charge >= 0.3 is 0 Å². The van der Waals surface area contributed by atoms with Gasteiger partial charge in [-0.1, -0.05) is 39.0 Å². The second-order valence-corrected chi connectivity index (χ2v) is 5.80. The number of rotatable bonds is 7. The number of aromatic hydroxyl groups is 1. The van der Waals surface area contributed by atoms with Gasteiger partial charge in [0, 0.05) is 24.2 Å². The maximum atomic E-state index is 10.00. The van der Waals surface area contributed by atoms with Crippen molar-refractivity contribution in [3.05, 3.63) is 29.8 Å². The van der Waals surface area contributed by atoms with Gasteiger partial charge in [0.1, 0.15) is 5.75 Å². The topological polar surface area (TPSA) is 35.5 Å². The molecule has 2 N–H and O–H groups in total. The van der Waals surface area contributed by atoms with Crippen LogP contribution in [0.15, 0.2) is 24.3 Å². The van der Waals surface area contributed by atoms with Crippen LogP contribution in [0.4, 0.5) is 0 Å². The normalized spacial score (nSPS) is 14.9. The van der Waals surface area contributed by atoms with Crippen molar-refractivity contribution < 1.29 is 5.11 Å². The number of hydrogen-bond donors (Lipinski definition) is 2. The molecule has 0 spiro atoms. The first kappa shape index (κ1) is 16.0. The lowest BCUT2D eigenvalue weighted by molar-refractivity contribution is 0.265. The number of phenolic OH excluding ortho intramolecular Hbond substituents is 1. The molecule has 2 unspecified atom stereocenters. The van der Waals surface area contributed by atoms with Gasteiger partial charge in [-0.25, -0.2) is 0 Å². The second kappa shape index (κ2) is 7.51. The smallest absolute Gasteiger partial charge is 0.120 e. The summed E-state index contributed by atoms with van der Waals surface area (Å²) < 4.78 is 0. The lowest BCUT2D eigenvalue weighted by Crippen LogP contribution is -2.43. The summed E-state index contributed by atoms with van der Waals surface area (Å²) in [5.74, 6) is 0.941. The van der Waals surface area contributed by atoms with Crippen molar-refractivity contribution in [1.82, 2.24) is 10.2 Å². The van der Waals surface area contributed by atoms with Crippen molar-refractivity contribution in [2.24, 2.45) is 5.92 Å². The van der Waals surface area contributed by atoms with Gasteiger partial charge in [0.05, 0.1) is 0 Å². The zero-order valence-corrected chi connectivity index (χ0v) is 12.9. The fourth-order valence-electron chi connectivity index (χ4n) is 2.32. The summed E-state index contributed by atoms with van der Waals surface area (Å²) in [5.41, 5.74) is 0.995. The Balaban J connectivity index is 2.82. The van der Waals surface area contributed by atoms with Crippen molar-refractivity contribution in [3.63, 3.8) is 0 Å². The molecular formula is C16H28N2O. The summed E-state index contributed by atoms with van der Waals surface area (Å²) in [6.07, 6.45) is 0.966. The zero-order valence-electron chi connectivity index (χ0n) is 12.9. The Kier molecular flexibility index (Phi) is 6.32. The average molecular weight is 264 g/mol. The lowest BCUT2D eigenvalue weighted by atomic mass is 9.98. The standard InChI is InChI=1S/C16H28N2O/c1-6-14(13-9-7-8-10-16(13)19)17-15(12(2)3)11-18(4)5/h7-10,12,14-15,17,19H,6,11H2,1-5H3. The molecule has 0 bridgehead atoms. The Labute approximate surface area is 117 Å². The van der Waals surface area contributed by atoms with Crippen molar-refractivity contribution >= 4 is 0 Å². The van der Waals surface area contributed by atoms with Crippen LogP contribution in [0, 0.1) is 5.92 Å². The van der Waals surface area contributed by atoms with Crippen LogP contribution in [0.3, 0.4) is 0 Å². The van der Waals surface area contributed by atoms with Crippen LogP contribution in [0.5, 0.6) is 5.75 Å². The highest BCUT2D eigenvalue weighted by Gasteiger charge is 2.20. The summed E-state index contributed by atoms with van der Waals surface area (Å²) in [6.45, 7) is 7.62. The molecule has 0 aliphatic rings. The van der Waals surface area contributed by atoms with Gasteiger partial charge in [0.25, 0.3) is 0 Å². The molecule has 1 aromatic rings. The van der Waals surface area contributed by atoms with Crippen molar-refractivity contribution in [1.29, 1.82) is 0 Å². The van der Waals surface area contributed by atoms with Gasteiger partial charge in [0.2, 0.25) is 0 Å². The van der Waals surface area contributed by atoms with E-state index in [9.17, 15) is 5.11 Å². The van der Waals surface area contributed by atoms with Gasteiger partial charge in [-0.2, -0.15) is 0 Å². The summed E-state index contributed by atoms with van der Waals surface area (Å²) >= 11 is 0. The molecular weight excluding hydrogens is 236 g/mol. The minimum absolute atomic E-state index is 0.202. The lowest BCUT2D eigenvalue weighted by Gasteiger charge is -2.30. The monoisotopic (exact) mass is 264 g/mol. The molecule has 0 amide bonds. The van der Waals surface area contributed by atoms with Crippen LogP contribution < -0.4 is 5.32 Å². The molecule has 1 rings (SSSR count). The molecule has 0 saturated heterocycles. The molecule has 0 radical (unpaired) electrons. The van der Waals surface area contributed by atoms with E-state index in [1.165, 1.54) is 0 Å². The summed E-state index contributed by atoms with van der Waals surface area (Å²) in [5, 5.41) is 13.7. The van der Waals surface area contributed by atoms with Crippen LogP contribution >= 0.6 is 0 Å². The fourth-order valence-corrected chi connectivity index (χ4v) is 2.32. The number of phenols is 1. The predicted molar refractivity (Wildman–Crippen MR) is 81.5 cm³/mol. The SMILES string of the molecule is CCC(NC(CN(C)C)C(C)C)c1ccccc1O. The first-order valence-corrected chi connectivity index (χ1v) is 7.14.